The van der Waals surface area contributed by atoms with E-state index in [9.17, 15) is 10.2 Å². The first-order valence-electron chi connectivity index (χ1n) is 15.7. The molecule has 236 valence electrons. The summed E-state index contributed by atoms with van der Waals surface area (Å²) in [5, 5.41) is 20.0. The first-order chi connectivity index (χ1) is 19.9. The van der Waals surface area contributed by atoms with Gasteiger partial charge in [0.25, 0.3) is 0 Å². The minimum absolute atomic E-state index is 0.0554. The minimum Gasteiger partial charge on any atom is -0.393 e. The van der Waals surface area contributed by atoms with Gasteiger partial charge >= 0.3 is 0 Å². The molecule has 2 nitrogen and oxygen atoms in total. The molecule has 0 saturated heterocycles. The normalized spacial score (nSPS) is 22.0. The van der Waals surface area contributed by atoms with Gasteiger partial charge in [-0.15, -0.1) is 0 Å². The molecule has 0 unspecified atom stereocenters. The van der Waals surface area contributed by atoms with Gasteiger partial charge < -0.3 is 10.2 Å². The predicted molar refractivity (Wildman–Crippen MR) is 191 cm³/mol. The summed E-state index contributed by atoms with van der Waals surface area (Å²) < 4.78 is 0. The molecule has 0 heterocycles. The molecule has 1 aliphatic rings. The van der Waals surface area contributed by atoms with Crippen LogP contribution in [-0.4, -0.2) is 22.4 Å². The second kappa shape index (κ2) is 18.0. The van der Waals surface area contributed by atoms with Gasteiger partial charge in [0.05, 0.1) is 12.2 Å². The summed E-state index contributed by atoms with van der Waals surface area (Å²) in [6.45, 7) is 25.6. The lowest BCUT2D eigenvalue weighted by molar-refractivity contribution is 0.117. The van der Waals surface area contributed by atoms with E-state index in [0.717, 1.165) is 12.8 Å². The molecule has 0 aromatic heterocycles. The third-order valence-electron chi connectivity index (χ3n) is 7.93. The summed E-state index contributed by atoms with van der Waals surface area (Å²) in [6, 6.07) is 0. The molecule has 0 fully saturated rings. The van der Waals surface area contributed by atoms with E-state index in [4.69, 9.17) is 0 Å². The predicted octanol–water partition coefficient (Wildman–Crippen LogP) is 11.0. The first kappa shape index (κ1) is 38.1. The highest BCUT2D eigenvalue weighted by atomic mass is 16.3. The molecule has 0 spiro atoms. The van der Waals surface area contributed by atoms with Crippen molar-refractivity contribution >= 4 is 0 Å². The topological polar surface area (TPSA) is 40.5 Å². The Morgan fingerprint density at radius 1 is 0.814 bits per heavy atom. The number of rotatable bonds is 13. The molecule has 0 bridgehead atoms. The molecular formula is C41H60O2. The molecule has 1 aliphatic carbocycles. The Labute approximate surface area is 264 Å². The quantitative estimate of drug-likeness (QED) is 0.167. The van der Waals surface area contributed by atoms with E-state index in [1.807, 2.05) is 13.0 Å². The third-order valence-corrected chi connectivity index (χ3v) is 7.93. The lowest BCUT2D eigenvalue weighted by atomic mass is 9.67. The molecular weight excluding hydrogens is 524 g/mol. The summed E-state index contributed by atoms with van der Waals surface area (Å²) in [5.74, 6) is 0.346. The third kappa shape index (κ3) is 14.9. The summed E-state index contributed by atoms with van der Waals surface area (Å²) in [7, 11) is 0. The molecule has 2 N–H and O–H groups in total. The van der Waals surface area contributed by atoms with Crippen molar-refractivity contribution in [2.75, 3.05) is 0 Å². The van der Waals surface area contributed by atoms with Crippen molar-refractivity contribution in [2.24, 2.45) is 16.7 Å². The standard InChI is InChI=1S/C41H60O2/c1-30(2)38(40(9,10)28-36(8)42)25-23-33(5)21-15-19-31(3)17-13-14-18-32(4)20-16-22-34(6)24-26-39-35(7)27-37(43)29-41(39,11)12/h13-27,36-37,39,42-43H,28-29H2,1-12H3/b14-13+,19-15+,20-16+,25-23+,26-24+,31-17+,32-18+,33-21+,34-22+/t36-,37+,39+/m1/s1. The van der Waals surface area contributed by atoms with Crippen LogP contribution in [0.4, 0.5) is 0 Å². The maximum atomic E-state index is 10.1. The highest BCUT2D eigenvalue weighted by Crippen LogP contribution is 2.42. The van der Waals surface area contributed by atoms with E-state index in [1.165, 1.54) is 39.0 Å². The van der Waals surface area contributed by atoms with E-state index in [1.54, 1.807) is 0 Å². The fourth-order valence-corrected chi connectivity index (χ4v) is 5.88. The molecule has 0 aromatic rings. The molecule has 0 saturated carbocycles. The Kier molecular flexibility index (Phi) is 15.9. The number of aliphatic hydroxyl groups excluding tert-OH is 2. The van der Waals surface area contributed by atoms with Crippen LogP contribution in [0.15, 0.2) is 130 Å². The second-order valence-corrected chi connectivity index (χ2v) is 13.9. The maximum absolute atomic E-state index is 10.1. The number of hydrogen-bond acceptors (Lipinski definition) is 2. The van der Waals surface area contributed by atoms with Crippen LogP contribution in [0.3, 0.4) is 0 Å². The van der Waals surface area contributed by atoms with Gasteiger partial charge in [0.1, 0.15) is 0 Å². The lowest BCUT2D eigenvalue weighted by Gasteiger charge is -2.38. The fraction of sp³-hybridized carbons (Fsp3) is 0.463. The lowest BCUT2D eigenvalue weighted by Crippen LogP contribution is -2.32. The van der Waals surface area contributed by atoms with Crippen LogP contribution in [0.1, 0.15) is 95.9 Å². The Bertz CT molecular complexity index is 1250. The van der Waals surface area contributed by atoms with Crippen molar-refractivity contribution in [3.05, 3.63) is 130 Å². The summed E-state index contributed by atoms with van der Waals surface area (Å²) in [6.07, 6.45) is 32.8. The van der Waals surface area contributed by atoms with Gasteiger partial charge in [-0.1, -0.05) is 152 Å². The van der Waals surface area contributed by atoms with E-state index < -0.39 is 0 Å². The monoisotopic (exact) mass is 584 g/mol. The summed E-state index contributed by atoms with van der Waals surface area (Å²) in [5.41, 5.74) is 8.54. The van der Waals surface area contributed by atoms with Crippen LogP contribution >= 0.6 is 0 Å². The Hall–Kier alpha value is -2.94. The molecule has 0 aromatic carbocycles. The summed E-state index contributed by atoms with van der Waals surface area (Å²) >= 11 is 0. The average molecular weight is 585 g/mol. The largest absolute Gasteiger partial charge is 0.393 e. The van der Waals surface area contributed by atoms with E-state index in [2.05, 4.69) is 161 Å². The van der Waals surface area contributed by atoms with E-state index in [0.29, 0.717) is 5.92 Å². The van der Waals surface area contributed by atoms with Gasteiger partial charge in [-0.2, -0.15) is 0 Å². The van der Waals surface area contributed by atoms with Gasteiger partial charge in [0.15, 0.2) is 0 Å². The first-order valence-corrected chi connectivity index (χ1v) is 15.7. The fourth-order valence-electron chi connectivity index (χ4n) is 5.88. The van der Waals surface area contributed by atoms with Gasteiger partial charge in [0.2, 0.25) is 0 Å². The second-order valence-electron chi connectivity index (χ2n) is 13.9. The molecule has 3 atom stereocenters. The van der Waals surface area contributed by atoms with Crippen LogP contribution in [0.25, 0.3) is 0 Å². The zero-order valence-corrected chi connectivity index (χ0v) is 29.2. The van der Waals surface area contributed by atoms with Gasteiger partial charge in [-0.25, -0.2) is 0 Å². The smallest absolute Gasteiger partial charge is 0.0729 e. The van der Waals surface area contributed by atoms with Gasteiger partial charge in [-0.3, -0.25) is 0 Å². The van der Waals surface area contributed by atoms with Crippen LogP contribution in [-0.2, 0) is 0 Å². The highest BCUT2D eigenvalue weighted by Gasteiger charge is 2.34. The zero-order valence-electron chi connectivity index (χ0n) is 29.2. The summed E-state index contributed by atoms with van der Waals surface area (Å²) in [4.78, 5) is 0. The van der Waals surface area contributed by atoms with Crippen molar-refractivity contribution in [1.29, 1.82) is 0 Å². The van der Waals surface area contributed by atoms with Crippen LogP contribution in [0, 0.1) is 16.7 Å². The highest BCUT2D eigenvalue weighted by molar-refractivity contribution is 5.36. The Morgan fingerprint density at radius 2 is 1.28 bits per heavy atom. The van der Waals surface area contributed by atoms with Crippen molar-refractivity contribution in [2.45, 2.75) is 108 Å². The van der Waals surface area contributed by atoms with E-state index in [-0.39, 0.29) is 23.0 Å². The molecule has 0 radical (unpaired) electrons. The van der Waals surface area contributed by atoms with Gasteiger partial charge in [-0.05, 0) is 84.6 Å². The van der Waals surface area contributed by atoms with Crippen molar-refractivity contribution in [1.82, 2.24) is 0 Å². The Balaban J connectivity index is 2.73. The maximum Gasteiger partial charge on any atom is 0.0729 e. The molecule has 1 rings (SSSR count). The van der Waals surface area contributed by atoms with Gasteiger partial charge in [0, 0.05) is 5.92 Å². The molecule has 43 heavy (non-hydrogen) atoms. The zero-order chi connectivity index (χ0) is 32.8. The van der Waals surface area contributed by atoms with Crippen molar-refractivity contribution in [3.8, 4) is 0 Å². The Morgan fingerprint density at radius 3 is 1.74 bits per heavy atom. The van der Waals surface area contributed by atoms with Crippen molar-refractivity contribution in [3.63, 3.8) is 0 Å². The molecule has 0 amide bonds. The van der Waals surface area contributed by atoms with Crippen LogP contribution in [0.2, 0.25) is 0 Å². The molecule has 2 heteroatoms. The van der Waals surface area contributed by atoms with E-state index >= 15 is 0 Å². The average Bonchev–Trinajstić information content (AvgIpc) is 2.84. The SMILES string of the molecule is CC1=C[C@H](O)CC(C)(C)[C@H]1/C=C/C(C)=C/C=C/C(C)=C/C=C/C=C(C)/C=C/C=C(C)/C=C/C(=C(C)C)C(C)(C)C[C@@H](C)O. The van der Waals surface area contributed by atoms with Crippen LogP contribution < -0.4 is 0 Å². The number of hydrogen-bond donors (Lipinski definition) is 2. The number of allylic oxidation sites excluding steroid dienone is 21. The number of aliphatic hydroxyl groups is 2. The van der Waals surface area contributed by atoms with Crippen molar-refractivity contribution < 1.29 is 10.2 Å². The molecule has 0 aliphatic heterocycles. The minimum atomic E-state index is -0.332. The van der Waals surface area contributed by atoms with Crippen LogP contribution in [0.5, 0.6) is 0 Å².